The van der Waals surface area contributed by atoms with Crippen LogP contribution in [0.15, 0.2) is 50.8 Å². The largest absolute Gasteiger partial charge is 0.276 e. The van der Waals surface area contributed by atoms with Crippen LogP contribution in [0.4, 0.5) is 0 Å². The van der Waals surface area contributed by atoms with Gasteiger partial charge in [0.2, 0.25) is 0 Å². The number of thiocyanates is 1. The van der Waals surface area contributed by atoms with E-state index in [0.717, 1.165) is 47.9 Å². The molecule has 0 heterocycles. The number of benzene rings is 1. The summed E-state index contributed by atoms with van der Waals surface area (Å²) in [4.78, 5) is 3.35. The van der Waals surface area contributed by atoms with E-state index in [0.29, 0.717) is 0 Å². The Labute approximate surface area is 128 Å². The molecule has 0 radical (unpaired) electrons. The summed E-state index contributed by atoms with van der Waals surface area (Å²) in [6.45, 7) is 0. The minimum Gasteiger partial charge on any atom is -0.200 e. The van der Waals surface area contributed by atoms with Crippen molar-refractivity contribution in [3.63, 3.8) is 0 Å². The summed E-state index contributed by atoms with van der Waals surface area (Å²) in [6.07, 6.45) is 5.27. The molecule has 1 aliphatic carbocycles. The van der Waals surface area contributed by atoms with Gasteiger partial charge in [0.15, 0.2) is 0 Å². The van der Waals surface area contributed by atoms with E-state index in [4.69, 9.17) is 5.26 Å². The average molecular weight is 321 g/mol. The lowest BCUT2D eigenvalue weighted by Gasteiger charge is -2.14. The molecule has 0 spiro atoms. The Kier molecular flexibility index (Phi) is 5.42. The lowest BCUT2D eigenvalue weighted by atomic mass is 10.0. The Morgan fingerprint density at radius 2 is 1.95 bits per heavy atom. The molecule has 2 rings (SSSR count). The van der Waals surface area contributed by atoms with E-state index < -0.39 is 10.0 Å². The second-order valence-electron chi connectivity index (χ2n) is 4.51. The summed E-state index contributed by atoms with van der Waals surface area (Å²) in [5.74, 6) is 0. The first-order valence-corrected chi connectivity index (χ1v) is 8.81. The van der Waals surface area contributed by atoms with Crippen molar-refractivity contribution in [1.29, 1.82) is 5.26 Å². The zero-order chi connectivity index (χ0) is 15.1. The van der Waals surface area contributed by atoms with Crippen LogP contribution in [0.3, 0.4) is 0 Å². The number of sulfonamides is 1. The van der Waals surface area contributed by atoms with E-state index in [1.54, 1.807) is 18.2 Å². The number of allylic oxidation sites excluding steroid dienone is 2. The normalized spacial score (nSPS) is 16.0. The smallest absolute Gasteiger partial charge is 0.200 e. The van der Waals surface area contributed by atoms with E-state index in [-0.39, 0.29) is 4.90 Å². The van der Waals surface area contributed by atoms with Gasteiger partial charge in [0.05, 0.1) is 11.1 Å². The summed E-state index contributed by atoms with van der Waals surface area (Å²) in [5, 5.41) is 14.7. The van der Waals surface area contributed by atoms with Crippen molar-refractivity contribution < 1.29 is 8.42 Å². The Bertz CT molecular complexity index is 689. The molecule has 5 nitrogen and oxygen atoms in total. The van der Waals surface area contributed by atoms with Crippen LogP contribution >= 0.6 is 11.8 Å². The first-order valence-electron chi connectivity index (χ1n) is 6.51. The predicted molar refractivity (Wildman–Crippen MR) is 84.0 cm³/mol. The van der Waals surface area contributed by atoms with E-state index in [1.807, 2.05) is 0 Å². The highest BCUT2D eigenvalue weighted by molar-refractivity contribution is 8.07. The second-order valence-corrected chi connectivity index (χ2v) is 7.06. The predicted octanol–water partition coefficient (Wildman–Crippen LogP) is 2.99. The molecule has 7 heteroatoms. The molecule has 1 aliphatic rings. The van der Waals surface area contributed by atoms with Crippen LogP contribution in [-0.4, -0.2) is 14.6 Å². The number of nitrogens with zero attached hydrogens (tertiary/aromatic N) is 2. The molecular formula is C14H15N3O2S2. The molecule has 1 aromatic rings. The number of rotatable bonds is 5. The third-order valence-electron chi connectivity index (χ3n) is 3.07. The molecule has 0 atom stereocenters. The summed E-state index contributed by atoms with van der Waals surface area (Å²) in [5.41, 5.74) is 0.934. The molecule has 0 saturated heterocycles. The van der Waals surface area contributed by atoms with E-state index in [9.17, 15) is 8.42 Å². The quantitative estimate of drug-likeness (QED) is 0.513. The van der Waals surface area contributed by atoms with Crippen molar-refractivity contribution in [2.45, 2.75) is 30.6 Å². The van der Waals surface area contributed by atoms with E-state index >= 15 is 0 Å². The first kappa shape index (κ1) is 15.6. The number of hydrazone groups is 1. The third kappa shape index (κ3) is 4.34. The Hall–Kier alpha value is -1.78. The van der Waals surface area contributed by atoms with Crippen molar-refractivity contribution in [3.8, 4) is 5.40 Å². The molecular weight excluding hydrogens is 306 g/mol. The van der Waals surface area contributed by atoms with Crippen LogP contribution in [0.2, 0.25) is 0 Å². The molecule has 0 fully saturated rings. The van der Waals surface area contributed by atoms with E-state index in [2.05, 4.69) is 15.3 Å². The minimum absolute atomic E-state index is 0.173. The zero-order valence-electron chi connectivity index (χ0n) is 11.3. The highest BCUT2D eigenvalue weighted by atomic mass is 32.2. The van der Waals surface area contributed by atoms with Crippen LogP contribution in [0.5, 0.6) is 0 Å². The lowest BCUT2D eigenvalue weighted by Crippen LogP contribution is -2.18. The topological polar surface area (TPSA) is 82.3 Å². The van der Waals surface area contributed by atoms with Crippen LogP contribution in [0.1, 0.15) is 25.7 Å². The maximum atomic E-state index is 12.0. The van der Waals surface area contributed by atoms with Gasteiger partial charge in [-0.2, -0.15) is 18.8 Å². The molecule has 0 unspecified atom stereocenters. The maximum Gasteiger partial charge on any atom is 0.276 e. The highest BCUT2D eigenvalue weighted by Gasteiger charge is 2.13. The van der Waals surface area contributed by atoms with Crippen LogP contribution in [0.25, 0.3) is 0 Å². The maximum absolute atomic E-state index is 12.0. The average Bonchev–Trinajstić information content (AvgIpc) is 2.50. The monoisotopic (exact) mass is 321 g/mol. The van der Waals surface area contributed by atoms with Gasteiger partial charge in [-0.1, -0.05) is 18.2 Å². The number of nitriles is 1. The minimum atomic E-state index is -3.63. The van der Waals surface area contributed by atoms with Crippen molar-refractivity contribution in [2.75, 3.05) is 0 Å². The van der Waals surface area contributed by atoms with Crippen molar-refractivity contribution in [3.05, 3.63) is 40.8 Å². The fraction of sp³-hybridized carbons (Fsp3) is 0.286. The van der Waals surface area contributed by atoms with Gasteiger partial charge in [0, 0.05) is 4.91 Å². The molecule has 1 N–H and O–H groups in total. The molecule has 1 aromatic carbocycles. The Morgan fingerprint density at radius 3 is 2.67 bits per heavy atom. The Balaban J connectivity index is 2.10. The van der Waals surface area contributed by atoms with Gasteiger partial charge < -0.3 is 0 Å². The summed E-state index contributed by atoms with van der Waals surface area (Å²) >= 11 is 1.13. The van der Waals surface area contributed by atoms with Gasteiger partial charge in [-0.15, -0.1) is 0 Å². The Morgan fingerprint density at radius 1 is 1.24 bits per heavy atom. The van der Waals surface area contributed by atoms with Crippen LogP contribution in [-0.2, 0) is 10.0 Å². The number of hydrogen-bond donors (Lipinski definition) is 1. The SMILES string of the molecule is N#CSC1=C(/C=N\NS(=O)(=O)c2ccccc2)CCCC1. The zero-order valence-corrected chi connectivity index (χ0v) is 13.0. The van der Waals surface area contributed by atoms with Crippen molar-refractivity contribution >= 4 is 28.0 Å². The fourth-order valence-electron chi connectivity index (χ4n) is 2.04. The molecule has 110 valence electrons. The fourth-order valence-corrected chi connectivity index (χ4v) is 3.49. The summed E-state index contributed by atoms with van der Waals surface area (Å²) in [6, 6.07) is 8.08. The van der Waals surface area contributed by atoms with Crippen LogP contribution < -0.4 is 4.83 Å². The highest BCUT2D eigenvalue weighted by Crippen LogP contribution is 2.31. The molecule has 0 amide bonds. The second kappa shape index (κ2) is 7.29. The molecule has 21 heavy (non-hydrogen) atoms. The first-order chi connectivity index (χ1) is 10.1. The van der Waals surface area contributed by atoms with Crippen LogP contribution in [0, 0.1) is 10.7 Å². The van der Waals surface area contributed by atoms with Gasteiger partial charge in [-0.3, -0.25) is 0 Å². The van der Waals surface area contributed by atoms with Gasteiger partial charge in [-0.25, -0.2) is 4.83 Å². The summed E-state index contributed by atoms with van der Waals surface area (Å²) in [7, 11) is -3.63. The van der Waals surface area contributed by atoms with Gasteiger partial charge in [0.25, 0.3) is 10.0 Å². The van der Waals surface area contributed by atoms with Gasteiger partial charge in [-0.05, 0) is 55.2 Å². The lowest BCUT2D eigenvalue weighted by molar-refractivity contribution is 0.584. The standard InChI is InChI=1S/C14H15N3O2S2/c15-11-20-14-9-5-4-6-12(14)10-16-17-21(18,19)13-7-2-1-3-8-13/h1-3,7-8,10,17H,4-6,9H2/b16-10-. The van der Waals surface area contributed by atoms with Gasteiger partial charge >= 0.3 is 0 Å². The summed E-state index contributed by atoms with van der Waals surface area (Å²) < 4.78 is 24.0. The number of thioether (sulfide) groups is 1. The molecule has 0 aromatic heterocycles. The van der Waals surface area contributed by atoms with Crippen molar-refractivity contribution in [1.82, 2.24) is 4.83 Å². The van der Waals surface area contributed by atoms with E-state index in [1.165, 1.54) is 18.3 Å². The molecule has 0 aliphatic heterocycles. The molecule has 0 saturated carbocycles. The molecule has 0 bridgehead atoms. The number of nitrogens with one attached hydrogen (secondary N) is 1. The van der Waals surface area contributed by atoms with Crippen molar-refractivity contribution in [2.24, 2.45) is 5.10 Å². The third-order valence-corrected chi connectivity index (χ3v) is 5.12. The number of hydrogen-bond acceptors (Lipinski definition) is 5. The van der Waals surface area contributed by atoms with Gasteiger partial charge in [0.1, 0.15) is 5.40 Å².